The molecule has 0 aromatic carbocycles. The molecule has 0 aromatic rings. The first-order chi connectivity index (χ1) is 6.74. The highest BCUT2D eigenvalue weighted by molar-refractivity contribution is 5.77. The number of carbonyl (C=O) groups excluding carboxylic acids is 2. The Morgan fingerprint density at radius 2 is 2.36 bits per heavy atom. The number of amides is 1. The van der Waals surface area contributed by atoms with Crippen molar-refractivity contribution in [2.45, 2.75) is 12.8 Å². The van der Waals surface area contributed by atoms with Crippen LogP contribution in [0.3, 0.4) is 0 Å². The van der Waals surface area contributed by atoms with Crippen LogP contribution in [0.15, 0.2) is 0 Å². The summed E-state index contributed by atoms with van der Waals surface area (Å²) in [5, 5.41) is 3.13. The fourth-order valence-electron chi connectivity index (χ4n) is 1.38. The van der Waals surface area contributed by atoms with Crippen LogP contribution < -0.4 is 5.32 Å². The Kier molecular flexibility index (Phi) is 4.39. The smallest absolute Gasteiger partial charge is 0.307 e. The van der Waals surface area contributed by atoms with Gasteiger partial charge in [-0.25, -0.2) is 0 Å². The first kappa shape index (κ1) is 11.0. The first-order valence-corrected chi connectivity index (χ1v) is 4.79. The van der Waals surface area contributed by atoms with E-state index in [9.17, 15) is 9.59 Å². The number of rotatable bonds is 3. The van der Waals surface area contributed by atoms with Gasteiger partial charge < -0.3 is 15.0 Å². The van der Waals surface area contributed by atoms with Crippen LogP contribution in [0.4, 0.5) is 0 Å². The molecule has 0 radical (unpaired) electrons. The third-order valence-corrected chi connectivity index (χ3v) is 2.24. The van der Waals surface area contributed by atoms with E-state index in [-0.39, 0.29) is 18.3 Å². The molecule has 1 amide bonds. The average molecular weight is 200 g/mol. The molecule has 1 aliphatic heterocycles. The molecule has 0 bridgehead atoms. The third-order valence-electron chi connectivity index (χ3n) is 2.24. The summed E-state index contributed by atoms with van der Waals surface area (Å²) in [6, 6.07) is 0. The maximum absolute atomic E-state index is 11.4. The molecule has 80 valence electrons. The molecule has 1 heterocycles. The zero-order valence-electron chi connectivity index (χ0n) is 8.41. The predicted molar refractivity (Wildman–Crippen MR) is 50.7 cm³/mol. The highest BCUT2D eigenvalue weighted by Crippen LogP contribution is 1.99. The monoisotopic (exact) mass is 200 g/mol. The predicted octanol–water partition coefficient (Wildman–Crippen LogP) is -0.629. The topological polar surface area (TPSA) is 58.6 Å². The normalized spacial score (nSPS) is 17.8. The van der Waals surface area contributed by atoms with Gasteiger partial charge in [0, 0.05) is 32.6 Å². The van der Waals surface area contributed by atoms with E-state index in [0.29, 0.717) is 19.5 Å². The molecule has 0 unspecified atom stereocenters. The molecule has 0 spiro atoms. The third kappa shape index (κ3) is 3.33. The van der Waals surface area contributed by atoms with Crippen LogP contribution >= 0.6 is 0 Å². The van der Waals surface area contributed by atoms with Gasteiger partial charge in [-0.05, 0) is 0 Å². The van der Waals surface area contributed by atoms with E-state index in [2.05, 4.69) is 10.1 Å². The van der Waals surface area contributed by atoms with Crippen LogP contribution in [0.5, 0.6) is 0 Å². The van der Waals surface area contributed by atoms with E-state index in [1.165, 1.54) is 7.11 Å². The van der Waals surface area contributed by atoms with Gasteiger partial charge in [-0.1, -0.05) is 0 Å². The van der Waals surface area contributed by atoms with Crippen molar-refractivity contribution in [3.63, 3.8) is 0 Å². The van der Waals surface area contributed by atoms with Crippen LogP contribution in [0.1, 0.15) is 12.8 Å². The molecule has 0 atom stereocenters. The first-order valence-electron chi connectivity index (χ1n) is 4.79. The Hall–Kier alpha value is -1.10. The number of carbonyl (C=O) groups is 2. The Morgan fingerprint density at radius 3 is 3.07 bits per heavy atom. The molecular formula is C9H16N2O3. The maximum Gasteiger partial charge on any atom is 0.307 e. The van der Waals surface area contributed by atoms with Crippen LogP contribution in [0, 0.1) is 0 Å². The number of ether oxygens (including phenoxy) is 1. The minimum atomic E-state index is -0.269. The van der Waals surface area contributed by atoms with E-state index < -0.39 is 0 Å². The molecule has 5 heteroatoms. The molecular weight excluding hydrogens is 184 g/mol. The van der Waals surface area contributed by atoms with E-state index in [4.69, 9.17) is 0 Å². The van der Waals surface area contributed by atoms with Gasteiger partial charge in [0.25, 0.3) is 0 Å². The summed E-state index contributed by atoms with van der Waals surface area (Å²) >= 11 is 0. The van der Waals surface area contributed by atoms with Crippen molar-refractivity contribution in [3.05, 3.63) is 0 Å². The molecule has 1 aliphatic rings. The highest BCUT2D eigenvalue weighted by atomic mass is 16.5. The quantitative estimate of drug-likeness (QED) is 0.616. The SMILES string of the molecule is COC(=O)CCN1CCNCCC1=O. The Bertz CT molecular complexity index is 218. The average Bonchev–Trinajstić information content (AvgIpc) is 2.39. The lowest BCUT2D eigenvalue weighted by atomic mass is 10.3. The van der Waals surface area contributed by atoms with Gasteiger partial charge in [0.05, 0.1) is 13.5 Å². The second kappa shape index (κ2) is 5.59. The minimum absolute atomic E-state index is 0.110. The van der Waals surface area contributed by atoms with E-state index in [1.54, 1.807) is 4.90 Å². The van der Waals surface area contributed by atoms with Gasteiger partial charge in [0.15, 0.2) is 0 Å². The molecule has 0 aromatic heterocycles. The van der Waals surface area contributed by atoms with Crippen molar-refractivity contribution in [2.24, 2.45) is 0 Å². The molecule has 5 nitrogen and oxygen atoms in total. The van der Waals surface area contributed by atoms with Crippen molar-refractivity contribution in [2.75, 3.05) is 33.3 Å². The second-order valence-electron chi connectivity index (χ2n) is 3.21. The summed E-state index contributed by atoms with van der Waals surface area (Å²) in [6.45, 7) is 2.67. The molecule has 1 saturated heterocycles. The van der Waals surface area contributed by atoms with Crippen molar-refractivity contribution in [3.8, 4) is 0 Å². The lowest BCUT2D eigenvalue weighted by Crippen LogP contribution is -2.34. The summed E-state index contributed by atoms with van der Waals surface area (Å²) in [5.74, 6) is -0.158. The Labute approximate surface area is 83.4 Å². The van der Waals surface area contributed by atoms with Gasteiger partial charge in [-0.3, -0.25) is 9.59 Å². The largest absolute Gasteiger partial charge is 0.469 e. The van der Waals surface area contributed by atoms with E-state index >= 15 is 0 Å². The molecule has 1 fully saturated rings. The minimum Gasteiger partial charge on any atom is -0.469 e. The number of nitrogens with one attached hydrogen (secondary N) is 1. The zero-order chi connectivity index (χ0) is 10.4. The second-order valence-corrected chi connectivity index (χ2v) is 3.21. The molecule has 1 N–H and O–H groups in total. The molecule has 0 saturated carbocycles. The number of hydrogen-bond donors (Lipinski definition) is 1. The zero-order valence-corrected chi connectivity index (χ0v) is 8.41. The fraction of sp³-hybridized carbons (Fsp3) is 0.778. The highest BCUT2D eigenvalue weighted by Gasteiger charge is 2.16. The fourth-order valence-corrected chi connectivity index (χ4v) is 1.38. The lowest BCUT2D eigenvalue weighted by Gasteiger charge is -2.19. The van der Waals surface area contributed by atoms with Crippen molar-refractivity contribution in [1.29, 1.82) is 0 Å². The van der Waals surface area contributed by atoms with Crippen LogP contribution in [-0.4, -0.2) is 50.1 Å². The van der Waals surface area contributed by atoms with Gasteiger partial charge in [0.1, 0.15) is 0 Å². The van der Waals surface area contributed by atoms with Crippen LogP contribution in [0.2, 0.25) is 0 Å². The van der Waals surface area contributed by atoms with Crippen molar-refractivity contribution in [1.82, 2.24) is 10.2 Å². The lowest BCUT2D eigenvalue weighted by molar-refractivity contribution is -0.141. The van der Waals surface area contributed by atoms with Crippen molar-refractivity contribution >= 4 is 11.9 Å². The number of hydrogen-bond acceptors (Lipinski definition) is 4. The summed E-state index contributed by atoms with van der Waals surface area (Å²) in [4.78, 5) is 24.0. The van der Waals surface area contributed by atoms with Gasteiger partial charge in [-0.15, -0.1) is 0 Å². The molecule has 0 aliphatic carbocycles. The number of esters is 1. The number of methoxy groups -OCH3 is 1. The molecule has 14 heavy (non-hydrogen) atoms. The maximum atomic E-state index is 11.4. The van der Waals surface area contributed by atoms with Crippen LogP contribution in [0.25, 0.3) is 0 Å². The summed E-state index contributed by atoms with van der Waals surface area (Å²) in [5.41, 5.74) is 0. The summed E-state index contributed by atoms with van der Waals surface area (Å²) < 4.78 is 4.52. The summed E-state index contributed by atoms with van der Waals surface area (Å²) in [6.07, 6.45) is 0.795. The van der Waals surface area contributed by atoms with Crippen molar-refractivity contribution < 1.29 is 14.3 Å². The van der Waals surface area contributed by atoms with Gasteiger partial charge in [-0.2, -0.15) is 0 Å². The van der Waals surface area contributed by atoms with E-state index in [1.807, 2.05) is 0 Å². The Morgan fingerprint density at radius 1 is 1.57 bits per heavy atom. The Balaban J connectivity index is 2.33. The van der Waals surface area contributed by atoms with Crippen LogP contribution in [-0.2, 0) is 14.3 Å². The molecule has 1 rings (SSSR count). The number of nitrogens with zero attached hydrogens (tertiary/aromatic N) is 1. The standard InChI is InChI=1S/C9H16N2O3/c1-14-9(13)3-6-11-7-5-10-4-2-8(11)12/h10H,2-7H2,1H3. The summed E-state index contributed by atoms with van der Waals surface area (Å²) in [7, 11) is 1.36. The van der Waals surface area contributed by atoms with Gasteiger partial charge in [0.2, 0.25) is 5.91 Å². The van der Waals surface area contributed by atoms with E-state index in [0.717, 1.165) is 13.1 Å². The van der Waals surface area contributed by atoms with Gasteiger partial charge >= 0.3 is 5.97 Å².